The molecule has 2 N–H and O–H groups in total. The summed E-state index contributed by atoms with van der Waals surface area (Å²) in [5.74, 6) is 0.917. The molecule has 0 aromatic carbocycles. The highest BCUT2D eigenvalue weighted by Crippen LogP contribution is 2.24. The third-order valence-electron chi connectivity index (χ3n) is 4.20. The van der Waals surface area contributed by atoms with Gasteiger partial charge in [-0.2, -0.15) is 0 Å². The Morgan fingerprint density at radius 3 is 2.79 bits per heavy atom. The maximum absolute atomic E-state index is 11.8. The van der Waals surface area contributed by atoms with Crippen molar-refractivity contribution in [3.8, 4) is 0 Å². The van der Waals surface area contributed by atoms with E-state index in [1.807, 2.05) is 0 Å². The van der Waals surface area contributed by atoms with E-state index >= 15 is 0 Å². The van der Waals surface area contributed by atoms with Crippen LogP contribution in [0.1, 0.15) is 45.4 Å². The van der Waals surface area contributed by atoms with E-state index in [9.17, 15) is 4.79 Å². The normalized spacial score (nSPS) is 27.8. The molecule has 4 nitrogen and oxygen atoms in total. The van der Waals surface area contributed by atoms with Crippen molar-refractivity contribution in [3.63, 3.8) is 0 Å². The minimum atomic E-state index is -0.121. The highest BCUT2D eigenvalue weighted by molar-refractivity contribution is 5.85. The quantitative estimate of drug-likeness (QED) is 0.813. The van der Waals surface area contributed by atoms with Gasteiger partial charge in [-0.25, -0.2) is 0 Å². The van der Waals surface area contributed by atoms with E-state index < -0.39 is 0 Å². The van der Waals surface area contributed by atoms with Crippen LogP contribution in [0.5, 0.6) is 0 Å². The average Bonchev–Trinajstić information content (AvgIpc) is 2.83. The fourth-order valence-corrected chi connectivity index (χ4v) is 2.86. The third kappa shape index (κ3) is 5.67. The molecule has 0 aromatic rings. The molecule has 0 spiro atoms. The molecule has 0 saturated carbocycles. The van der Waals surface area contributed by atoms with Gasteiger partial charge in [-0.05, 0) is 58.0 Å². The van der Waals surface area contributed by atoms with Crippen LogP contribution in [0.4, 0.5) is 0 Å². The number of nitrogens with one attached hydrogen (secondary N) is 2. The Bertz CT molecular complexity index is 275. The molecule has 2 fully saturated rings. The predicted octanol–water partition coefficient (Wildman–Crippen LogP) is 1.87. The minimum Gasteiger partial charge on any atom is -0.373 e. The van der Waals surface area contributed by atoms with Gasteiger partial charge in [0.1, 0.15) is 0 Å². The molecule has 0 bridgehead atoms. The van der Waals surface area contributed by atoms with Crippen LogP contribution in [0.25, 0.3) is 0 Å². The molecule has 2 saturated heterocycles. The molecule has 2 aliphatic rings. The van der Waals surface area contributed by atoms with Gasteiger partial charge in [-0.3, -0.25) is 4.79 Å². The Balaban J connectivity index is 0.00000180. The van der Waals surface area contributed by atoms with Crippen LogP contribution < -0.4 is 10.6 Å². The Morgan fingerprint density at radius 2 is 2.16 bits per heavy atom. The summed E-state index contributed by atoms with van der Waals surface area (Å²) in [4.78, 5) is 11.8. The molecule has 2 rings (SSSR count). The van der Waals surface area contributed by atoms with Gasteiger partial charge in [0.15, 0.2) is 0 Å². The smallest absolute Gasteiger partial charge is 0.220 e. The second-order valence-corrected chi connectivity index (χ2v) is 5.91. The van der Waals surface area contributed by atoms with Crippen LogP contribution in [0.15, 0.2) is 0 Å². The number of ether oxygens (including phenoxy) is 1. The van der Waals surface area contributed by atoms with Crippen molar-refractivity contribution in [2.45, 2.75) is 51.0 Å². The van der Waals surface area contributed by atoms with Crippen molar-refractivity contribution in [3.05, 3.63) is 0 Å². The standard InChI is InChI=1S/C14H26N2O2.ClH/c1-14(7-2-10-18-14)11-16-13(17)4-3-12-5-8-15-9-6-12;/h12,15H,2-11H2,1H3,(H,16,17);1H. The number of piperidine rings is 1. The average molecular weight is 291 g/mol. The Kier molecular flexibility index (Phi) is 7.11. The monoisotopic (exact) mass is 290 g/mol. The maximum Gasteiger partial charge on any atom is 0.220 e. The van der Waals surface area contributed by atoms with E-state index in [4.69, 9.17) is 4.74 Å². The van der Waals surface area contributed by atoms with E-state index in [-0.39, 0.29) is 23.9 Å². The van der Waals surface area contributed by atoms with Gasteiger partial charge in [0, 0.05) is 19.6 Å². The van der Waals surface area contributed by atoms with Crippen LogP contribution in [0.3, 0.4) is 0 Å². The molecule has 5 heteroatoms. The van der Waals surface area contributed by atoms with Crippen molar-refractivity contribution in [1.82, 2.24) is 10.6 Å². The SMILES string of the molecule is CC1(CNC(=O)CCC2CCNCC2)CCCO1.Cl. The highest BCUT2D eigenvalue weighted by Gasteiger charge is 2.29. The first-order valence-corrected chi connectivity index (χ1v) is 7.29. The van der Waals surface area contributed by atoms with Gasteiger partial charge in [0.05, 0.1) is 5.60 Å². The molecule has 0 aromatic heterocycles. The lowest BCUT2D eigenvalue weighted by molar-refractivity contribution is -0.122. The van der Waals surface area contributed by atoms with E-state index in [1.165, 1.54) is 12.8 Å². The number of carbonyl (C=O) groups is 1. The summed E-state index contributed by atoms with van der Waals surface area (Å²) >= 11 is 0. The van der Waals surface area contributed by atoms with E-state index in [1.54, 1.807) is 0 Å². The lowest BCUT2D eigenvalue weighted by Gasteiger charge is -2.24. The number of carbonyl (C=O) groups excluding carboxylic acids is 1. The molecule has 2 heterocycles. The van der Waals surface area contributed by atoms with Gasteiger partial charge in [0.2, 0.25) is 5.91 Å². The van der Waals surface area contributed by atoms with Gasteiger partial charge in [-0.15, -0.1) is 12.4 Å². The largest absolute Gasteiger partial charge is 0.373 e. The number of halogens is 1. The molecular formula is C14H27ClN2O2. The third-order valence-corrected chi connectivity index (χ3v) is 4.20. The first-order valence-electron chi connectivity index (χ1n) is 7.29. The summed E-state index contributed by atoms with van der Waals surface area (Å²) < 4.78 is 5.66. The number of amides is 1. The predicted molar refractivity (Wildman–Crippen MR) is 78.7 cm³/mol. The van der Waals surface area contributed by atoms with Crippen LogP contribution >= 0.6 is 12.4 Å². The molecule has 112 valence electrons. The lowest BCUT2D eigenvalue weighted by Crippen LogP contribution is -2.40. The van der Waals surface area contributed by atoms with Crippen molar-refractivity contribution < 1.29 is 9.53 Å². The summed E-state index contributed by atoms with van der Waals surface area (Å²) in [5, 5.41) is 6.38. The molecule has 1 amide bonds. The fraction of sp³-hybridized carbons (Fsp3) is 0.929. The molecule has 0 radical (unpaired) electrons. The molecule has 0 aliphatic carbocycles. The minimum absolute atomic E-state index is 0. The zero-order valence-corrected chi connectivity index (χ0v) is 12.7. The Morgan fingerprint density at radius 1 is 1.42 bits per heavy atom. The van der Waals surface area contributed by atoms with Crippen LogP contribution in [-0.4, -0.2) is 37.7 Å². The van der Waals surface area contributed by atoms with E-state index in [0.29, 0.717) is 13.0 Å². The summed E-state index contributed by atoms with van der Waals surface area (Å²) in [7, 11) is 0. The van der Waals surface area contributed by atoms with Crippen molar-refractivity contribution in [2.75, 3.05) is 26.2 Å². The zero-order valence-electron chi connectivity index (χ0n) is 11.9. The fourth-order valence-electron chi connectivity index (χ4n) is 2.86. The molecular weight excluding hydrogens is 264 g/mol. The molecule has 1 unspecified atom stereocenters. The molecule has 1 atom stereocenters. The molecule has 2 aliphatic heterocycles. The summed E-state index contributed by atoms with van der Waals surface area (Å²) in [6.07, 6.45) is 6.30. The lowest BCUT2D eigenvalue weighted by atomic mass is 9.93. The molecule has 19 heavy (non-hydrogen) atoms. The van der Waals surface area contributed by atoms with Gasteiger partial charge in [0.25, 0.3) is 0 Å². The first-order chi connectivity index (χ1) is 8.68. The topological polar surface area (TPSA) is 50.4 Å². The van der Waals surface area contributed by atoms with Crippen LogP contribution in [0, 0.1) is 5.92 Å². The van der Waals surface area contributed by atoms with Crippen LogP contribution in [0.2, 0.25) is 0 Å². The van der Waals surface area contributed by atoms with E-state index in [2.05, 4.69) is 17.6 Å². The Labute approximate surface area is 122 Å². The second kappa shape index (κ2) is 8.08. The van der Waals surface area contributed by atoms with Crippen molar-refractivity contribution in [2.24, 2.45) is 5.92 Å². The summed E-state index contributed by atoms with van der Waals surface area (Å²) in [6.45, 7) is 5.81. The summed E-state index contributed by atoms with van der Waals surface area (Å²) in [5.41, 5.74) is -0.121. The second-order valence-electron chi connectivity index (χ2n) is 5.91. The van der Waals surface area contributed by atoms with E-state index in [0.717, 1.165) is 44.9 Å². The van der Waals surface area contributed by atoms with Crippen molar-refractivity contribution >= 4 is 18.3 Å². The zero-order chi connectivity index (χ0) is 12.8. The van der Waals surface area contributed by atoms with Gasteiger partial charge < -0.3 is 15.4 Å². The maximum atomic E-state index is 11.8. The number of hydrogen-bond acceptors (Lipinski definition) is 3. The van der Waals surface area contributed by atoms with Crippen LogP contribution in [-0.2, 0) is 9.53 Å². The van der Waals surface area contributed by atoms with Crippen molar-refractivity contribution in [1.29, 1.82) is 0 Å². The Hall–Kier alpha value is -0.320. The first kappa shape index (κ1) is 16.7. The number of rotatable bonds is 5. The highest BCUT2D eigenvalue weighted by atomic mass is 35.5. The van der Waals surface area contributed by atoms with Gasteiger partial charge in [-0.1, -0.05) is 0 Å². The number of hydrogen-bond donors (Lipinski definition) is 2. The van der Waals surface area contributed by atoms with Gasteiger partial charge >= 0.3 is 0 Å². The summed E-state index contributed by atoms with van der Waals surface area (Å²) in [6, 6.07) is 0.